The highest BCUT2D eigenvalue weighted by atomic mass is 32.2. The van der Waals surface area contributed by atoms with Gasteiger partial charge in [-0.1, -0.05) is 5.16 Å². The average molecular weight is 312 g/mol. The van der Waals surface area contributed by atoms with Gasteiger partial charge in [0.1, 0.15) is 0 Å². The molecule has 20 heavy (non-hydrogen) atoms. The molecule has 1 aliphatic rings. The molecule has 0 bridgehead atoms. The minimum atomic E-state index is -3.37. The highest BCUT2D eigenvalue weighted by Gasteiger charge is 2.30. The first-order valence-electron chi connectivity index (χ1n) is 6.53. The van der Waals surface area contributed by atoms with Crippen molar-refractivity contribution in [3.05, 3.63) is 22.7 Å². The summed E-state index contributed by atoms with van der Waals surface area (Å²) in [5.41, 5.74) is 0.787. The van der Waals surface area contributed by atoms with E-state index in [1.807, 2.05) is 19.9 Å². The molecule has 0 aromatic carbocycles. The molecule has 0 radical (unpaired) electrons. The van der Waals surface area contributed by atoms with Crippen molar-refractivity contribution in [2.45, 2.75) is 31.6 Å². The van der Waals surface area contributed by atoms with E-state index in [-0.39, 0.29) is 0 Å². The molecule has 2 aromatic rings. The summed E-state index contributed by atoms with van der Waals surface area (Å²) < 4.78 is 32.0. The molecule has 7 heteroatoms. The Balaban J connectivity index is 2.01. The number of aryl methyl sites for hydroxylation is 2. The summed E-state index contributed by atoms with van der Waals surface area (Å²) in [6.07, 6.45) is 1.88. The fourth-order valence-corrected chi connectivity index (χ4v) is 5.42. The van der Waals surface area contributed by atoms with Crippen LogP contribution in [0.4, 0.5) is 0 Å². The van der Waals surface area contributed by atoms with E-state index < -0.39 is 10.0 Å². The summed E-state index contributed by atoms with van der Waals surface area (Å²) in [6, 6.07) is 3.52. The molecule has 108 valence electrons. The highest BCUT2D eigenvalue weighted by Crippen LogP contribution is 2.35. The van der Waals surface area contributed by atoms with Crippen molar-refractivity contribution < 1.29 is 12.9 Å². The summed E-state index contributed by atoms with van der Waals surface area (Å²) in [5, 5.41) is 3.84. The minimum Gasteiger partial charge on any atom is -0.355 e. The topological polar surface area (TPSA) is 63.4 Å². The molecule has 0 saturated carbocycles. The summed E-state index contributed by atoms with van der Waals surface area (Å²) in [7, 11) is -3.37. The van der Waals surface area contributed by atoms with Gasteiger partial charge in [0, 0.05) is 24.0 Å². The smallest absolute Gasteiger partial charge is 0.244 e. The van der Waals surface area contributed by atoms with E-state index in [0.29, 0.717) is 23.7 Å². The zero-order valence-corrected chi connectivity index (χ0v) is 13.1. The molecule has 0 spiro atoms. The van der Waals surface area contributed by atoms with Gasteiger partial charge in [-0.2, -0.15) is 4.31 Å². The monoisotopic (exact) mass is 312 g/mol. The number of hydrogen-bond acceptors (Lipinski definition) is 5. The molecule has 5 nitrogen and oxygen atoms in total. The lowest BCUT2D eigenvalue weighted by atomic mass is 10.3. The van der Waals surface area contributed by atoms with Crippen molar-refractivity contribution in [3.8, 4) is 10.6 Å². The summed E-state index contributed by atoms with van der Waals surface area (Å²) >= 11 is 1.43. The van der Waals surface area contributed by atoms with Crippen LogP contribution in [0.2, 0.25) is 0 Å². The van der Waals surface area contributed by atoms with Crippen LogP contribution in [-0.2, 0) is 10.0 Å². The SMILES string of the molecule is Cc1cc(-c2cc(S(=O)(=O)N3CCCC3)c(C)s2)on1. The lowest BCUT2D eigenvalue weighted by Crippen LogP contribution is -2.27. The molecule has 0 N–H and O–H groups in total. The van der Waals surface area contributed by atoms with Crippen molar-refractivity contribution >= 4 is 21.4 Å². The van der Waals surface area contributed by atoms with Gasteiger partial charge in [0.2, 0.25) is 10.0 Å². The second-order valence-corrected chi connectivity index (χ2v) is 8.14. The molecule has 1 fully saturated rings. The first-order chi connectivity index (χ1) is 9.48. The molecule has 0 aliphatic carbocycles. The Kier molecular flexibility index (Phi) is 3.43. The lowest BCUT2D eigenvalue weighted by molar-refractivity contribution is 0.428. The van der Waals surface area contributed by atoms with Crippen LogP contribution in [0.1, 0.15) is 23.4 Å². The van der Waals surface area contributed by atoms with Crippen LogP contribution in [0.25, 0.3) is 10.6 Å². The Morgan fingerprint density at radius 1 is 1.25 bits per heavy atom. The van der Waals surface area contributed by atoms with Gasteiger partial charge in [-0.3, -0.25) is 0 Å². The molecule has 1 saturated heterocycles. The zero-order chi connectivity index (χ0) is 14.3. The van der Waals surface area contributed by atoms with Crippen molar-refractivity contribution in [1.82, 2.24) is 9.46 Å². The van der Waals surface area contributed by atoms with Gasteiger partial charge >= 0.3 is 0 Å². The Morgan fingerprint density at radius 2 is 1.95 bits per heavy atom. The van der Waals surface area contributed by atoms with E-state index in [2.05, 4.69) is 5.16 Å². The number of rotatable bonds is 3. The Hall–Kier alpha value is -1.18. The number of thiophene rings is 1. The second-order valence-electron chi connectivity index (χ2n) is 4.97. The predicted molar refractivity (Wildman–Crippen MR) is 77.3 cm³/mol. The third-order valence-corrected chi connectivity index (χ3v) is 6.64. The number of nitrogens with zero attached hydrogens (tertiary/aromatic N) is 2. The summed E-state index contributed by atoms with van der Waals surface area (Å²) in [6.45, 7) is 4.92. The summed E-state index contributed by atoms with van der Waals surface area (Å²) in [4.78, 5) is 2.00. The molecule has 2 aromatic heterocycles. The fourth-order valence-electron chi connectivity index (χ4n) is 2.39. The Morgan fingerprint density at radius 3 is 2.55 bits per heavy atom. The first kappa shape index (κ1) is 13.8. The largest absolute Gasteiger partial charge is 0.355 e. The maximum Gasteiger partial charge on any atom is 0.244 e. The normalized spacial score (nSPS) is 16.9. The second kappa shape index (κ2) is 4.98. The summed E-state index contributed by atoms with van der Waals surface area (Å²) in [5.74, 6) is 0.624. The molecule has 3 heterocycles. The van der Waals surface area contributed by atoms with E-state index in [1.54, 1.807) is 10.4 Å². The van der Waals surface area contributed by atoms with E-state index in [9.17, 15) is 8.42 Å². The maximum atomic E-state index is 12.6. The van der Waals surface area contributed by atoms with Gasteiger partial charge in [-0.15, -0.1) is 11.3 Å². The molecule has 1 aliphatic heterocycles. The van der Waals surface area contributed by atoms with Gasteiger partial charge < -0.3 is 4.52 Å². The Labute approximate surface area is 122 Å². The standard InChI is InChI=1S/C13H16N2O3S2/c1-9-7-11(18-14-9)12-8-13(10(2)19-12)20(16,17)15-5-3-4-6-15/h7-8H,3-6H2,1-2H3. The van der Waals surface area contributed by atoms with Crippen LogP contribution in [0.3, 0.4) is 0 Å². The maximum absolute atomic E-state index is 12.6. The van der Waals surface area contributed by atoms with E-state index >= 15 is 0 Å². The predicted octanol–water partition coefficient (Wildman–Crippen LogP) is 2.80. The van der Waals surface area contributed by atoms with Crippen LogP contribution >= 0.6 is 11.3 Å². The van der Waals surface area contributed by atoms with Gasteiger partial charge in [0.15, 0.2) is 5.76 Å². The quantitative estimate of drug-likeness (QED) is 0.874. The molecule has 0 unspecified atom stereocenters. The van der Waals surface area contributed by atoms with Crippen LogP contribution in [0.5, 0.6) is 0 Å². The van der Waals surface area contributed by atoms with Crippen molar-refractivity contribution in [2.24, 2.45) is 0 Å². The van der Waals surface area contributed by atoms with E-state index in [0.717, 1.165) is 28.3 Å². The van der Waals surface area contributed by atoms with Gasteiger partial charge in [-0.25, -0.2) is 8.42 Å². The van der Waals surface area contributed by atoms with Crippen LogP contribution in [0, 0.1) is 13.8 Å². The van der Waals surface area contributed by atoms with E-state index in [4.69, 9.17) is 4.52 Å². The van der Waals surface area contributed by atoms with E-state index in [1.165, 1.54) is 11.3 Å². The third kappa shape index (κ3) is 2.30. The lowest BCUT2D eigenvalue weighted by Gasteiger charge is -2.14. The van der Waals surface area contributed by atoms with Crippen LogP contribution in [0.15, 0.2) is 21.6 Å². The van der Waals surface area contributed by atoms with Crippen LogP contribution in [-0.4, -0.2) is 31.0 Å². The zero-order valence-electron chi connectivity index (χ0n) is 11.4. The third-order valence-electron chi connectivity index (χ3n) is 3.43. The van der Waals surface area contributed by atoms with Gasteiger partial charge in [0.25, 0.3) is 0 Å². The number of hydrogen-bond donors (Lipinski definition) is 0. The molecule has 3 rings (SSSR count). The molecule has 0 atom stereocenters. The molecule has 0 amide bonds. The van der Waals surface area contributed by atoms with Crippen molar-refractivity contribution in [2.75, 3.05) is 13.1 Å². The number of aromatic nitrogens is 1. The van der Waals surface area contributed by atoms with Gasteiger partial charge in [-0.05, 0) is 32.8 Å². The van der Waals surface area contributed by atoms with Crippen molar-refractivity contribution in [1.29, 1.82) is 0 Å². The average Bonchev–Trinajstić information content (AvgIpc) is 3.07. The minimum absolute atomic E-state index is 0.397. The first-order valence-corrected chi connectivity index (χ1v) is 8.78. The van der Waals surface area contributed by atoms with Crippen LogP contribution < -0.4 is 0 Å². The highest BCUT2D eigenvalue weighted by molar-refractivity contribution is 7.89. The van der Waals surface area contributed by atoms with Crippen molar-refractivity contribution in [3.63, 3.8) is 0 Å². The molecular formula is C13H16N2O3S2. The number of sulfonamides is 1. The molecular weight excluding hydrogens is 296 g/mol. The fraction of sp³-hybridized carbons (Fsp3) is 0.462. The van der Waals surface area contributed by atoms with Gasteiger partial charge in [0.05, 0.1) is 15.5 Å². The Bertz CT molecular complexity index is 725.